The third kappa shape index (κ3) is 3.35. The number of nitrogens with zero attached hydrogens (tertiary/aromatic N) is 2. The molecular formula is C15H14BrN3O. The van der Waals surface area contributed by atoms with Crippen LogP contribution in [-0.4, -0.2) is 12.1 Å². The van der Waals surface area contributed by atoms with Crippen LogP contribution in [-0.2, 0) is 17.9 Å². The van der Waals surface area contributed by atoms with Crippen molar-refractivity contribution in [1.82, 2.24) is 4.98 Å². The summed E-state index contributed by atoms with van der Waals surface area (Å²) in [6.45, 7) is 1.06. The lowest BCUT2D eigenvalue weighted by Crippen LogP contribution is -2.05. The van der Waals surface area contributed by atoms with Crippen molar-refractivity contribution in [2.75, 3.05) is 12.4 Å². The van der Waals surface area contributed by atoms with Gasteiger partial charge < -0.3 is 10.1 Å². The van der Waals surface area contributed by atoms with Gasteiger partial charge in [-0.25, -0.2) is 4.98 Å². The van der Waals surface area contributed by atoms with E-state index in [4.69, 9.17) is 10.00 Å². The largest absolute Gasteiger partial charge is 0.381 e. The molecule has 1 N–H and O–H groups in total. The third-order valence-corrected chi connectivity index (χ3v) is 3.62. The number of anilines is 1. The highest BCUT2D eigenvalue weighted by atomic mass is 79.9. The molecule has 0 radical (unpaired) electrons. The monoisotopic (exact) mass is 331 g/mol. The number of benzene rings is 1. The Morgan fingerprint density at radius 3 is 2.95 bits per heavy atom. The molecule has 0 aliphatic carbocycles. The van der Waals surface area contributed by atoms with Gasteiger partial charge in [0.15, 0.2) is 0 Å². The van der Waals surface area contributed by atoms with Crippen molar-refractivity contribution in [3.63, 3.8) is 0 Å². The molecule has 2 aromatic rings. The van der Waals surface area contributed by atoms with Gasteiger partial charge in [-0.1, -0.05) is 28.1 Å². The number of methoxy groups -OCH3 is 1. The number of nitriles is 1. The summed E-state index contributed by atoms with van der Waals surface area (Å²) in [7, 11) is 1.66. The van der Waals surface area contributed by atoms with E-state index in [1.807, 2.05) is 30.3 Å². The predicted octanol–water partition coefficient (Wildman–Crippen LogP) is 3.47. The molecule has 20 heavy (non-hydrogen) atoms. The standard InChI is InChI=1S/C15H14BrN3O/c1-20-10-12-13(16)5-2-6-14(12)19-9-11-4-3-7-18-15(11)8-17/h2-7,19H,9-10H2,1H3. The number of hydrogen-bond donors (Lipinski definition) is 1. The maximum atomic E-state index is 9.03. The van der Waals surface area contributed by atoms with E-state index in [1.165, 1.54) is 0 Å². The molecule has 2 rings (SSSR count). The summed E-state index contributed by atoms with van der Waals surface area (Å²) in [5.41, 5.74) is 3.35. The fourth-order valence-electron chi connectivity index (χ4n) is 1.89. The molecule has 0 aliphatic heterocycles. The third-order valence-electron chi connectivity index (χ3n) is 2.87. The highest BCUT2D eigenvalue weighted by molar-refractivity contribution is 9.10. The second kappa shape index (κ2) is 7.04. The minimum absolute atomic E-state index is 0.447. The number of halogens is 1. The minimum Gasteiger partial charge on any atom is -0.381 e. The second-order valence-electron chi connectivity index (χ2n) is 4.18. The summed E-state index contributed by atoms with van der Waals surface area (Å²) >= 11 is 3.52. The van der Waals surface area contributed by atoms with Crippen LogP contribution in [0.5, 0.6) is 0 Å². The predicted molar refractivity (Wildman–Crippen MR) is 81.1 cm³/mol. The van der Waals surface area contributed by atoms with Gasteiger partial charge in [0.2, 0.25) is 0 Å². The normalized spacial score (nSPS) is 10.1. The second-order valence-corrected chi connectivity index (χ2v) is 5.03. The maximum absolute atomic E-state index is 9.03. The molecule has 0 saturated heterocycles. The smallest absolute Gasteiger partial charge is 0.145 e. The lowest BCUT2D eigenvalue weighted by Gasteiger charge is -2.13. The van der Waals surface area contributed by atoms with Crippen LogP contribution in [0.3, 0.4) is 0 Å². The van der Waals surface area contributed by atoms with Crippen LogP contribution in [0.25, 0.3) is 0 Å². The first-order valence-electron chi connectivity index (χ1n) is 6.10. The Balaban J connectivity index is 2.19. The summed E-state index contributed by atoms with van der Waals surface area (Å²) < 4.78 is 6.21. The topological polar surface area (TPSA) is 57.9 Å². The van der Waals surface area contributed by atoms with E-state index in [-0.39, 0.29) is 0 Å². The van der Waals surface area contributed by atoms with E-state index in [9.17, 15) is 0 Å². The van der Waals surface area contributed by atoms with Crippen LogP contribution in [0.1, 0.15) is 16.8 Å². The summed E-state index contributed by atoms with van der Waals surface area (Å²) in [4.78, 5) is 4.05. The van der Waals surface area contributed by atoms with Gasteiger partial charge in [0.25, 0.3) is 0 Å². The Hall–Kier alpha value is -1.90. The highest BCUT2D eigenvalue weighted by Crippen LogP contribution is 2.26. The molecule has 1 heterocycles. The zero-order chi connectivity index (χ0) is 14.4. The lowest BCUT2D eigenvalue weighted by atomic mass is 10.1. The maximum Gasteiger partial charge on any atom is 0.145 e. The van der Waals surface area contributed by atoms with E-state index in [1.54, 1.807) is 13.3 Å². The first-order valence-corrected chi connectivity index (χ1v) is 6.89. The summed E-state index contributed by atoms with van der Waals surface area (Å²) in [5.74, 6) is 0. The van der Waals surface area contributed by atoms with E-state index in [2.05, 4.69) is 32.3 Å². The molecular weight excluding hydrogens is 318 g/mol. The first kappa shape index (κ1) is 14.5. The van der Waals surface area contributed by atoms with Crippen molar-refractivity contribution in [3.05, 3.63) is 57.8 Å². The molecule has 4 nitrogen and oxygen atoms in total. The molecule has 5 heteroatoms. The number of pyridine rings is 1. The Morgan fingerprint density at radius 2 is 2.20 bits per heavy atom. The van der Waals surface area contributed by atoms with Crippen LogP contribution < -0.4 is 5.32 Å². The number of ether oxygens (including phenoxy) is 1. The fraction of sp³-hybridized carbons (Fsp3) is 0.200. The van der Waals surface area contributed by atoms with Gasteiger partial charge in [-0.2, -0.15) is 5.26 Å². The van der Waals surface area contributed by atoms with Crippen molar-refractivity contribution in [2.24, 2.45) is 0 Å². The van der Waals surface area contributed by atoms with Crippen LogP contribution in [0, 0.1) is 11.3 Å². The van der Waals surface area contributed by atoms with Crippen LogP contribution in [0.2, 0.25) is 0 Å². The molecule has 0 saturated carbocycles. The number of nitrogens with one attached hydrogen (secondary N) is 1. The molecule has 0 spiro atoms. The van der Waals surface area contributed by atoms with Gasteiger partial charge in [-0.05, 0) is 18.2 Å². The SMILES string of the molecule is COCc1c(Br)cccc1NCc1cccnc1C#N. The first-order chi connectivity index (χ1) is 9.76. The number of rotatable bonds is 5. The van der Waals surface area contributed by atoms with Crippen molar-refractivity contribution in [3.8, 4) is 6.07 Å². The Labute approximate surface area is 126 Å². The fourth-order valence-corrected chi connectivity index (χ4v) is 2.37. The molecule has 102 valence electrons. The summed E-state index contributed by atoms with van der Waals surface area (Å²) in [6, 6.07) is 11.7. The molecule has 0 bridgehead atoms. The van der Waals surface area contributed by atoms with Crippen LogP contribution in [0.4, 0.5) is 5.69 Å². The Bertz CT molecular complexity index is 637. The summed E-state index contributed by atoms with van der Waals surface area (Å²) in [6.07, 6.45) is 1.62. The van der Waals surface area contributed by atoms with Gasteiger partial charge in [0.05, 0.1) is 6.61 Å². The zero-order valence-corrected chi connectivity index (χ0v) is 12.6. The van der Waals surface area contributed by atoms with Crippen LogP contribution in [0.15, 0.2) is 41.0 Å². The van der Waals surface area contributed by atoms with Crippen molar-refractivity contribution >= 4 is 21.6 Å². The number of hydrogen-bond acceptors (Lipinski definition) is 4. The lowest BCUT2D eigenvalue weighted by molar-refractivity contribution is 0.185. The van der Waals surface area contributed by atoms with E-state index >= 15 is 0 Å². The quantitative estimate of drug-likeness (QED) is 0.911. The molecule has 0 atom stereocenters. The zero-order valence-electron chi connectivity index (χ0n) is 11.1. The average Bonchev–Trinajstić information content (AvgIpc) is 2.48. The van der Waals surface area contributed by atoms with Gasteiger partial charge in [0, 0.05) is 41.1 Å². The van der Waals surface area contributed by atoms with Crippen LogP contribution >= 0.6 is 15.9 Å². The van der Waals surface area contributed by atoms with Crippen molar-refractivity contribution in [1.29, 1.82) is 5.26 Å². The van der Waals surface area contributed by atoms with Gasteiger partial charge in [-0.3, -0.25) is 0 Å². The number of aromatic nitrogens is 1. The van der Waals surface area contributed by atoms with Gasteiger partial charge in [-0.15, -0.1) is 0 Å². The molecule has 0 unspecified atom stereocenters. The molecule has 1 aromatic carbocycles. The van der Waals surface area contributed by atoms with E-state index < -0.39 is 0 Å². The summed E-state index contributed by atoms with van der Waals surface area (Å²) in [5, 5.41) is 12.4. The van der Waals surface area contributed by atoms with E-state index in [0.29, 0.717) is 18.8 Å². The molecule has 0 fully saturated rings. The van der Waals surface area contributed by atoms with Gasteiger partial charge in [0.1, 0.15) is 11.8 Å². The highest BCUT2D eigenvalue weighted by Gasteiger charge is 2.07. The molecule has 0 aliphatic rings. The Kier molecular flexibility index (Phi) is 5.10. The van der Waals surface area contributed by atoms with Crippen molar-refractivity contribution < 1.29 is 4.74 Å². The van der Waals surface area contributed by atoms with Gasteiger partial charge >= 0.3 is 0 Å². The Morgan fingerprint density at radius 1 is 1.35 bits per heavy atom. The van der Waals surface area contributed by atoms with Crippen molar-refractivity contribution in [2.45, 2.75) is 13.2 Å². The average molecular weight is 332 g/mol. The minimum atomic E-state index is 0.447. The molecule has 1 aromatic heterocycles. The molecule has 0 amide bonds. The van der Waals surface area contributed by atoms with E-state index in [0.717, 1.165) is 21.3 Å².